The number of aliphatic imine (C=N–C) groups is 1. The van der Waals surface area contributed by atoms with Gasteiger partial charge in [-0.3, -0.25) is 4.99 Å². The van der Waals surface area contributed by atoms with Crippen molar-refractivity contribution < 1.29 is 8.42 Å². The van der Waals surface area contributed by atoms with E-state index in [2.05, 4.69) is 27.3 Å². The van der Waals surface area contributed by atoms with Crippen molar-refractivity contribution in [1.29, 1.82) is 0 Å². The van der Waals surface area contributed by atoms with Crippen molar-refractivity contribution in [2.45, 2.75) is 43.3 Å². The van der Waals surface area contributed by atoms with Crippen LogP contribution in [0.3, 0.4) is 0 Å². The van der Waals surface area contributed by atoms with Crippen LogP contribution in [0.2, 0.25) is 0 Å². The smallest absolute Gasteiger partial charge is 0.240 e. The van der Waals surface area contributed by atoms with Crippen LogP contribution in [0.15, 0.2) is 34.2 Å². The highest BCUT2D eigenvalue weighted by atomic mass is 32.2. The molecule has 1 atom stereocenters. The SMILES string of the molecule is CCNC(=NCC1(C)CCCS1)NCCNS(=O)(=O)c1ccc(C)cc1. The third-order valence-electron chi connectivity index (χ3n) is 4.26. The fourth-order valence-corrected chi connectivity index (χ4v) is 4.97. The lowest BCUT2D eigenvalue weighted by atomic mass is 10.1. The van der Waals surface area contributed by atoms with E-state index in [1.807, 2.05) is 25.6 Å². The molecule has 3 N–H and O–H groups in total. The topological polar surface area (TPSA) is 82.6 Å². The minimum Gasteiger partial charge on any atom is -0.357 e. The molecule has 1 fully saturated rings. The zero-order valence-corrected chi connectivity index (χ0v) is 17.5. The summed E-state index contributed by atoms with van der Waals surface area (Å²) in [6.45, 7) is 8.51. The van der Waals surface area contributed by atoms with Crippen molar-refractivity contribution >= 4 is 27.7 Å². The normalized spacial score (nSPS) is 21.0. The number of nitrogens with one attached hydrogen (secondary N) is 3. The number of guanidine groups is 1. The molecule has 0 amide bonds. The average Bonchev–Trinajstić information content (AvgIpc) is 3.04. The van der Waals surface area contributed by atoms with Crippen molar-refractivity contribution in [1.82, 2.24) is 15.4 Å². The number of sulfonamides is 1. The van der Waals surface area contributed by atoms with Crippen LogP contribution >= 0.6 is 11.8 Å². The fraction of sp³-hybridized carbons (Fsp3) is 0.611. The molecule has 0 aromatic heterocycles. The van der Waals surface area contributed by atoms with Crippen molar-refractivity contribution in [3.8, 4) is 0 Å². The quantitative estimate of drug-likeness (QED) is 0.355. The highest BCUT2D eigenvalue weighted by Gasteiger charge is 2.29. The number of benzene rings is 1. The van der Waals surface area contributed by atoms with Crippen LogP contribution in [0.1, 0.15) is 32.3 Å². The molecule has 1 aromatic carbocycles. The summed E-state index contributed by atoms with van der Waals surface area (Å²) in [6, 6.07) is 6.84. The van der Waals surface area contributed by atoms with Gasteiger partial charge in [0, 0.05) is 24.4 Å². The molecule has 1 aromatic rings. The second-order valence-electron chi connectivity index (χ2n) is 6.73. The Labute approximate surface area is 161 Å². The lowest BCUT2D eigenvalue weighted by Crippen LogP contribution is -2.42. The first-order valence-corrected chi connectivity index (χ1v) is 11.5. The molecule has 0 aliphatic carbocycles. The Morgan fingerprint density at radius 2 is 1.96 bits per heavy atom. The number of thioether (sulfide) groups is 1. The van der Waals surface area contributed by atoms with Crippen molar-refractivity contribution in [2.24, 2.45) is 4.99 Å². The van der Waals surface area contributed by atoms with E-state index >= 15 is 0 Å². The summed E-state index contributed by atoms with van der Waals surface area (Å²) in [5, 5.41) is 6.41. The molecule has 0 spiro atoms. The monoisotopic (exact) mass is 398 g/mol. The highest BCUT2D eigenvalue weighted by Crippen LogP contribution is 2.37. The van der Waals surface area contributed by atoms with Gasteiger partial charge in [0.1, 0.15) is 0 Å². The molecule has 0 saturated carbocycles. The summed E-state index contributed by atoms with van der Waals surface area (Å²) in [6.07, 6.45) is 2.44. The summed E-state index contributed by atoms with van der Waals surface area (Å²) < 4.78 is 27.4. The minimum absolute atomic E-state index is 0.218. The van der Waals surface area contributed by atoms with E-state index in [0.717, 1.165) is 24.6 Å². The van der Waals surface area contributed by atoms with E-state index in [-0.39, 0.29) is 9.64 Å². The molecule has 1 aliphatic heterocycles. The second kappa shape index (κ2) is 9.62. The molecule has 0 bridgehead atoms. The first-order valence-electron chi connectivity index (χ1n) is 9.07. The fourth-order valence-electron chi connectivity index (χ4n) is 2.72. The largest absolute Gasteiger partial charge is 0.357 e. The molecule has 0 radical (unpaired) electrons. The van der Waals surface area contributed by atoms with Crippen LogP contribution < -0.4 is 15.4 Å². The number of rotatable bonds is 8. The number of hydrogen-bond donors (Lipinski definition) is 3. The molecule has 6 nitrogen and oxygen atoms in total. The molecule has 146 valence electrons. The first-order chi connectivity index (χ1) is 12.3. The van der Waals surface area contributed by atoms with Crippen molar-refractivity contribution in [3.05, 3.63) is 29.8 Å². The Morgan fingerprint density at radius 1 is 1.23 bits per heavy atom. The van der Waals surface area contributed by atoms with E-state index in [0.29, 0.717) is 13.1 Å². The molecule has 1 unspecified atom stereocenters. The third-order valence-corrected chi connectivity index (χ3v) is 7.26. The summed E-state index contributed by atoms with van der Waals surface area (Å²) in [5.74, 6) is 1.94. The molecule has 8 heteroatoms. The van der Waals surface area contributed by atoms with Crippen LogP contribution in [-0.2, 0) is 10.0 Å². The number of nitrogens with zero attached hydrogens (tertiary/aromatic N) is 1. The van der Waals surface area contributed by atoms with E-state index < -0.39 is 10.0 Å². The van der Waals surface area contributed by atoms with E-state index in [1.54, 1.807) is 24.3 Å². The van der Waals surface area contributed by atoms with Crippen LogP contribution in [0.25, 0.3) is 0 Å². The zero-order chi connectivity index (χ0) is 19.0. The molecule has 1 aliphatic rings. The average molecular weight is 399 g/mol. The molecule has 1 heterocycles. The molecule has 26 heavy (non-hydrogen) atoms. The van der Waals surface area contributed by atoms with Gasteiger partial charge in [-0.1, -0.05) is 17.7 Å². The van der Waals surface area contributed by atoms with Gasteiger partial charge in [-0.15, -0.1) is 0 Å². The van der Waals surface area contributed by atoms with Crippen LogP contribution in [0, 0.1) is 6.92 Å². The van der Waals surface area contributed by atoms with Gasteiger partial charge in [0.25, 0.3) is 0 Å². The maximum Gasteiger partial charge on any atom is 0.240 e. The maximum atomic E-state index is 12.3. The van der Waals surface area contributed by atoms with E-state index in [4.69, 9.17) is 0 Å². The summed E-state index contributed by atoms with van der Waals surface area (Å²) in [4.78, 5) is 4.95. The second-order valence-corrected chi connectivity index (χ2v) is 10.2. The molecule has 2 rings (SSSR count). The van der Waals surface area contributed by atoms with Crippen molar-refractivity contribution in [3.63, 3.8) is 0 Å². The van der Waals surface area contributed by atoms with E-state index in [9.17, 15) is 8.42 Å². The van der Waals surface area contributed by atoms with Crippen LogP contribution in [0.4, 0.5) is 0 Å². The summed E-state index contributed by atoms with van der Waals surface area (Å²) in [5.41, 5.74) is 1.03. The van der Waals surface area contributed by atoms with Gasteiger partial charge in [-0.25, -0.2) is 13.1 Å². The lowest BCUT2D eigenvalue weighted by molar-refractivity contribution is 0.580. The Morgan fingerprint density at radius 3 is 2.58 bits per heavy atom. The zero-order valence-electron chi connectivity index (χ0n) is 15.8. The number of hydrogen-bond acceptors (Lipinski definition) is 4. The predicted octanol–water partition coefficient (Wildman–Crippen LogP) is 2.11. The highest BCUT2D eigenvalue weighted by molar-refractivity contribution is 8.00. The Bertz CT molecular complexity index is 696. The summed E-state index contributed by atoms with van der Waals surface area (Å²) >= 11 is 1.98. The maximum absolute atomic E-state index is 12.3. The third kappa shape index (κ3) is 6.48. The van der Waals surface area contributed by atoms with Crippen molar-refractivity contribution in [2.75, 3.05) is 31.9 Å². The van der Waals surface area contributed by atoms with E-state index in [1.165, 1.54) is 18.6 Å². The standard InChI is InChI=1S/C18H30N4O2S2/c1-4-19-17(21-14-18(3)10-5-13-25-18)20-11-12-22-26(23,24)16-8-6-15(2)7-9-16/h6-9,22H,4-5,10-14H2,1-3H3,(H2,19,20,21). The van der Waals surface area contributed by atoms with Crippen LogP contribution in [-0.4, -0.2) is 51.1 Å². The molecule has 1 saturated heterocycles. The van der Waals surface area contributed by atoms with Gasteiger partial charge in [0.15, 0.2) is 5.96 Å². The van der Waals surface area contributed by atoms with Gasteiger partial charge >= 0.3 is 0 Å². The Kier molecular flexibility index (Phi) is 7.79. The molecular formula is C18H30N4O2S2. The minimum atomic E-state index is -3.48. The Hall–Kier alpha value is -1.25. The van der Waals surface area contributed by atoms with Gasteiger partial charge in [0.2, 0.25) is 10.0 Å². The van der Waals surface area contributed by atoms with Gasteiger partial charge in [-0.05, 0) is 51.5 Å². The first kappa shape index (κ1) is 21.1. The number of aryl methyl sites for hydroxylation is 1. The predicted molar refractivity (Wildman–Crippen MR) is 110 cm³/mol. The molecular weight excluding hydrogens is 368 g/mol. The van der Waals surface area contributed by atoms with Gasteiger partial charge in [-0.2, -0.15) is 11.8 Å². The van der Waals surface area contributed by atoms with Gasteiger partial charge in [0.05, 0.1) is 11.4 Å². The lowest BCUT2D eigenvalue weighted by Gasteiger charge is -2.21. The summed E-state index contributed by atoms with van der Waals surface area (Å²) in [7, 11) is -3.48. The van der Waals surface area contributed by atoms with Crippen LogP contribution in [0.5, 0.6) is 0 Å². The van der Waals surface area contributed by atoms with Gasteiger partial charge < -0.3 is 10.6 Å². The Balaban J connectivity index is 1.82.